The molecule has 23 aromatic rings. The molecule has 0 aliphatic carbocycles. The quantitative estimate of drug-likeness (QED) is 0.109. The first kappa shape index (κ1) is 71.0. The standard InChI is InChI=1S/C61H38N6.C48H30N6/c1-2-11-42(12-3-1)61-65-56(40-24-29-48(30-25-40)67-58-20-6-4-17-49(58)50-18-5-7-21-59(50)67)38-57(66-61)46-15-8-14-45(36-46)52-32-28-47-35-43(27-31-53(47)63-52)44-23-22-39-26-33-54(64-55(39)37-44)51-19-9-13-41-16-10-34-62-60(41)51;1-3-10-33(11-4-1)46-52-47(34-12-5-2-6-13-34)54-48(53-46)39-16-7-15-37(29-39)41-25-23-38-28-35(22-24-42(38)50-41)36-20-19-31-21-26-43(51-44(31)30-36)40-18-8-14-32-17-9-27-49-45(32)40/h1-38H;1-30H. The molecule has 0 fully saturated rings. The average molecular weight is 1550 g/mol. The molecule has 0 unspecified atom stereocenters. The summed E-state index contributed by atoms with van der Waals surface area (Å²) in [5.74, 6) is 2.55. The molecule has 9 aromatic heterocycles. The van der Waals surface area contributed by atoms with Gasteiger partial charge in [-0.3, -0.25) is 9.97 Å². The van der Waals surface area contributed by atoms with Crippen molar-refractivity contribution in [2.24, 2.45) is 0 Å². The monoisotopic (exact) mass is 1540 g/mol. The molecule has 0 saturated heterocycles. The van der Waals surface area contributed by atoms with E-state index in [1.807, 2.05) is 116 Å². The first-order valence-electron chi connectivity index (χ1n) is 40.3. The van der Waals surface area contributed by atoms with Crippen molar-refractivity contribution in [2.75, 3.05) is 0 Å². The molecule has 0 spiro atoms. The van der Waals surface area contributed by atoms with Crippen molar-refractivity contribution < 1.29 is 0 Å². The zero-order chi connectivity index (χ0) is 80.1. The van der Waals surface area contributed by atoms with E-state index >= 15 is 0 Å². The van der Waals surface area contributed by atoms with E-state index in [0.717, 1.165) is 183 Å². The van der Waals surface area contributed by atoms with Crippen LogP contribution in [-0.4, -0.2) is 59.4 Å². The van der Waals surface area contributed by atoms with Gasteiger partial charge in [0.2, 0.25) is 0 Å². The van der Waals surface area contributed by atoms with Crippen molar-refractivity contribution >= 4 is 87.2 Å². The normalized spacial score (nSPS) is 11.5. The van der Waals surface area contributed by atoms with E-state index in [1.165, 1.54) is 21.8 Å². The SMILES string of the molecule is c1ccc(-c2nc(-c3ccc(-n4c5ccccc5c5ccccc54)cc3)cc(-c3cccc(-c4ccc5cc(-c6ccc7ccc(-c8cccc9cccnc89)nc7c6)ccc5n4)c3)n2)cc1.c1ccc(-c2nc(-c3ccccc3)nc(-c3cccc(-c4ccc5cc(-c6ccc7ccc(-c8cccc9cccnc89)nc7c6)ccc5n4)c3)n2)cc1. The Morgan fingerprint density at radius 3 is 1.03 bits per heavy atom. The molecule has 0 atom stereocenters. The Morgan fingerprint density at radius 1 is 0.174 bits per heavy atom. The Kier molecular flexibility index (Phi) is 17.9. The number of hydrogen-bond acceptors (Lipinski definition) is 11. The molecule has 23 rings (SSSR count). The maximum absolute atomic E-state index is 5.18. The fourth-order valence-corrected chi connectivity index (χ4v) is 16.5. The number of rotatable bonds is 13. The molecule has 12 nitrogen and oxygen atoms in total. The molecule has 0 amide bonds. The largest absolute Gasteiger partial charge is 0.309 e. The molecule has 0 aliphatic rings. The molecule has 121 heavy (non-hydrogen) atoms. The van der Waals surface area contributed by atoms with Crippen LogP contribution in [0.1, 0.15) is 0 Å². The predicted octanol–water partition coefficient (Wildman–Crippen LogP) is 26.7. The highest BCUT2D eigenvalue weighted by Gasteiger charge is 2.20. The summed E-state index contributed by atoms with van der Waals surface area (Å²) < 4.78 is 2.34. The minimum absolute atomic E-state index is 0.612. The lowest BCUT2D eigenvalue weighted by molar-refractivity contribution is 1.07. The zero-order valence-corrected chi connectivity index (χ0v) is 65.1. The lowest BCUT2D eigenvalue weighted by atomic mass is 10.00. The van der Waals surface area contributed by atoms with E-state index < -0.39 is 0 Å². The van der Waals surface area contributed by atoms with Crippen LogP contribution < -0.4 is 0 Å². The Labute approximate surface area is 696 Å². The van der Waals surface area contributed by atoms with Gasteiger partial charge in [0.15, 0.2) is 23.3 Å². The Morgan fingerprint density at radius 2 is 0.529 bits per heavy atom. The van der Waals surface area contributed by atoms with E-state index in [1.54, 1.807) is 0 Å². The molecule has 0 N–H and O–H groups in total. The van der Waals surface area contributed by atoms with Gasteiger partial charge in [-0.25, -0.2) is 44.9 Å². The van der Waals surface area contributed by atoms with Gasteiger partial charge in [-0.05, 0) is 138 Å². The molecule has 0 aliphatic heterocycles. The summed E-state index contributed by atoms with van der Waals surface area (Å²) in [6.45, 7) is 0. The average Bonchev–Trinajstić information content (AvgIpc) is 1.58. The van der Waals surface area contributed by atoms with Crippen LogP contribution in [0, 0.1) is 0 Å². The number of pyridine rings is 6. The van der Waals surface area contributed by atoms with Gasteiger partial charge in [0.25, 0.3) is 0 Å². The van der Waals surface area contributed by atoms with Crippen LogP contribution in [0.25, 0.3) is 228 Å². The van der Waals surface area contributed by atoms with Gasteiger partial charge in [0.05, 0.1) is 78.3 Å². The van der Waals surface area contributed by atoms with Gasteiger partial charge in [-0.2, -0.15) is 0 Å². The summed E-state index contributed by atoms with van der Waals surface area (Å²) in [6.07, 6.45) is 3.67. The summed E-state index contributed by atoms with van der Waals surface area (Å²) in [5, 5.41) is 9.00. The number of nitrogens with zero attached hydrogens (tertiary/aromatic N) is 12. The highest BCUT2D eigenvalue weighted by atomic mass is 15.0. The van der Waals surface area contributed by atoms with Gasteiger partial charge in [0, 0.05) is 117 Å². The van der Waals surface area contributed by atoms with Crippen LogP contribution >= 0.6 is 0 Å². The topological polar surface area (TPSA) is 147 Å². The second kappa shape index (κ2) is 30.6. The highest BCUT2D eigenvalue weighted by Crippen LogP contribution is 2.39. The van der Waals surface area contributed by atoms with E-state index in [2.05, 4.69) is 312 Å². The number of hydrogen-bond donors (Lipinski definition) is 0. The van der Waals surface area contributed by atoms with E-state index in [4.69, 9.17) is 44.9 Å². The van der Waals surface area contributed by atoms with Gasteiger partial charge < -0.3 is 4.57 Å². The fraction of sp³-hybridized carbons (Fsp3) is 0. The molecule has 9 heterocycles. The molecule has 12 heteroatoms. The molecule has 0 saturated carbocycles. The Hall–Kier alpha value is -16.6. The van der Waals surface area contributed by atoms with E-state index in [-0.39, 0.29) is 0 Å². The molecule has 0 radical (unpaired) electrons. The molecule has 564 valence electrons. The third kappa shape index (κ3) is 13.8. The van der Waals surface area contributed by atoms with E-state index in [9.17, 15) is 0 Å². The van der Waals surface area contributed by atoms with Crippen LogP contribution in [-0.2, 0) is 0 Å². The van der Waals surface area contributed by atoms with Crippen LogP contribution in [0.3, 0.4) is 0 Å². The van der Waals surface area contributed by atoms with Gasteiger partial charge in [-0.15, -0.1) is 0 Å². The van der Waals surface area contributed by atoms with Crippen molar-refractivity contribution in [1.82, 2.24) is 59.4 Å². The smallest absolute Gasteiger partial charge is 0.164 e. The fourth-order valence-electron chi connectivity index (χ4n) is 16.5. The summed E-state index contributed by atoms with van der Waals surface area (Å²) in [7, 11) is 0. The van der Waals surface area contributed by atoms with Gasteiger partial charge in [-0.1, -0.05) is 285 Å². The van der Waals surface area contributed by atoms with Crippen molar-refractivity contribution in [3.8, 4) is 141 Å². The maximum atomic E-state index is 5.18. The van der Waals surface area contributed by atoms with Crippen LogP contribution in [0.15, 0.2) is 413 Å². The summed E-state index contributed by atoms with van der Waals surface area (Å²) in [6, 6.07) is 138. The van der Waals surface area contributed by atoms with Crippen LogP contribution in [0.4, 0.5) is 0 Å². The van der Waals surface area contributed by atoms with Crippen molar-refractivity contribution in [1.29, 1.82) is 0 Å². The third-order valence-corrected chi connectivity index (χ3v) is 22.6. The van der Waals surface area contributed by atoms with Crippen molar-refractivity contribution in [3.63, 3.8) is 0 Å². The van der Waals surface area contributed by atoms with Crippen LogP contribution in [0.2, 0.25) is 0 Å². The van der Waals surface area contributed by atoms with E-state index in [0.29, 0.717) is 23.3 Å². The lowest BCUT2D eigenvalue weighted by Gasteiger charge is -2.12. The maximum Gasteiger partial charge on any atom is 0.164 e. The second-order valence-electron chi connectivity index (χ2n) is 30.1. The molecule has 0 bridgehead atoms. The van der Waals surface area contributed by atoms with Crippen molar-refractivity contribution in [2.45, 2.75) is 0 Å². The second-order valence-corrected chi connectivity index (χ2v) is 30.1. The predicted molar refractivity (Wildman–Crippen MR) is 493 cm³/mol. The van der Waals surface area contributed by atoms with Gasteiger partial charge >= 0.3 is 0 Å². The number of benzene rings is 14. The lowest BCUT2D eigenvalue weighted by Crippen LogP contribution is -2.00. The van der Waals surface area contributed by atoms with Crippen molar-refractivity contribution in [3.05, 3.63) is 413 Å². The minimum Gasteiger partial charge on any atom is -0.309 e. The molecule has 14 aromatic carbocycles. The zero-order valence-electron chi connectivity index (χ0n) is 65.1. The minimum atomic E-state index is 0.612. The number of para-hydroxylation sites is 4. The van der Waals surface area contributed by atoms with Crippen LogP contribution in [0.5, 0.6) is 0 Å². The summed E-state index contributed by atoms with van der Waals surface area (Å²) in [4.78, 5) is 54.8. The summed E-state index contributed by atoms with van der Waals surface area (Å²) in [5.41, 5.74) is 28.6. The Bertz CT molecular complexity index is 7850. The number of aromatic nitrogens is 12. The summed E-state index contributed by atoms with van der Waals surface area (Å²) >= 11 is 0. The number of fused-ring (bicyclic) bond motifs is 9. The first-order chi connectivity index (χ1) is 59.9. The molecular formula is C109H68N12. The van der Waals surface area contributed by atoms with Gasteiger partial charge in [0.1, 0.15) is 0 Å². The third-order valence-electron chi connectivity index (χ3n) is 22.6. The highest BCUT2D eigenvalue weighted by molar-refractivity contribution is 6.09. The Balaban J connectivity index is 0.000000148. The molecular weight excluding hydrogens is 1480 g/mol. The first-order valence-corrected chi connectivity index (χ1v) is 40.3.